The topological polar surface area (TPSA) is 29.4 Å². The van der Waals surface area contributed by atoms with E-state index in [2.05, 4.69) is 39.3 Å². The third kappa shape index (κ3) is 3.42. The second kappa shape index (κ2) is 6.83. The van der Waals surface area contributed by atoms with Crippen molar-refractivity contribution >= 4 is 23.0 Å². The summed E-state index contributed by atoms with van der Waals surface area (Å²) in [6.07, 6.45) is 6.53. The third-order valence-corrected chi connectivity index (χ3v) is 4.48. The first kappa shape index (κ1) is 14.9. The Morgan fingerprint density at radius 1 is 1.18 bits per heavy atom. The predicted molar refractivity (Wildman–Crippen MR) is 93.5 cm³/mol. The van der Waals surface area contributed by atoms with Gasteiger partial charge in [-0.05, 0) is 49.3 Å². The van der Waals surface area contributed by atoms with Crippen molar-refractivity contribution in [3.63, 3.8) is 0 Å². The van der Waals surface area contributed by atoms with Gasteiger partial charge in [-0.15, -0.1) is 0 Å². The lowest BCUT2D eigenvalue weighted by atomic mass is 10.1. The van der Waals surface area contributed by atoms with Gasteiger partial charge in [0, 0.05) is 43.3 Å². The predicted octanol–water partition coefficient (Wildman–Crippen LogP) is 3.53. The summed E-state index contributed by atoms with van der Waals surface area (Å²) in [6, 6.07) is 12.6. The maximum atomic E-state index is 5.54. The van der Waals surface area contributed by atoms with E-state index >= 15 is 0 Å². The molecule has 0 saturated carbocycles. The molecule has 0 unspecified atom stereocenters. The second-order valence-corrected chi connectivity index (χ2v) is 5.90. The zero-order chi connectivity index (χ0) is 15.4. The maximum Gasteiger partial charge on any atom is 0.173 e. The van der Waals surface area contributed by atoms with Gasteiger partial charge in [-0.1, -0.05) is 6.07 Å². The van der Waals surface area contributed by atoms with E-state index in [0.717, 1.165) is 42.5 Å². The fourth-order valence-corrected chi connectivity index (χ4v) is 3.16. The number of ether oxygens (including phenoxy) is 1. The SMILES string of the molecule is COc1cccc(NC(=S)N2CCC(n3cccc3)CC2)c1. The summed E-state index contributed by atoms with van der Waals surface area (Å²) < 4.78 is 7.54. The van der Waals surface area contributed by atoms with Gasteiger partial charge in [-0.3, -0.25) is 0 Å². The summed E-state index contributed by atoms with van der Waals surface area (Å²) in [4.78, 5) is 2.24. The molecule has 3 rings (SSSR count). The Morgan fingerprint density at radius 2 is 1.91 bits per heavy atom. The van der Waals surface area contributed by atoms with E-state index in [4.69, 9.17) is 17.0 Å². The Hall–Kier alpha value is -2.01. The smallest absolute Gasteiger partial charge is 0.173 e. The highest BCUT2D eigenvalue weighted by molar-refractivity contribution is 7.80. The minimum absolute atomic E-state index is 0.589. The Kier molecular flexibility index (Phi) is 4.63. The molecule has 0 spiro atoms. The zero-order valence-corrected chi connectivity index (χ0v) is 13.6. The van der Waals surface area contributed by atoms with Crippen molar-refractivity contribution in [1.29, 1.82) is 0 Å². The number of rotatable bonds is 3. The highest BCUT2D eigenvalue weighted by Gasteiger charge is 2.21. The van der Waals surface area contributed by atoms with Gasteiger partial charge in [0.1, 0.15) is 5.75 Å². The monoisotopic (exact) mass is 315 g/mol. The van der Waals surface area contributed by atoms with E-state index in [1.165, 1.54) is 0 Å². The van der Waals surface area contributed by atoms with E-state index < -0.39 is 0 Å². The number of methoxy groups -OCH3 is 1. The van der Waals surface area contributed by atoms with Gasteiger partial charge in [0.25, 0.3) is 0 Å². The first-order valence-electron chi connectivity index (χ1n) is 7.59. The van der Waals surface area contributed by atoms with E-state index in [1.807, 2.05) is 24.3 Å². The molecule has 4 nitrogen and oxygen atoms in total. The molecule has 5 heteroatoms. The molecule has 0 aliphatic carbocycles. The largest absolute Gasteiger partial charge is 0.497 e. The van der Waals surface area contributed by atoms with E-state index in [-0.39, 0.29) is 0 Å². The Labute approximate surface area is 136 Å². The van der Waals surface area contributed by atoms with Crippen LogP contribution in [0.5, 0.6) is 5.75 Å². The summed E-state index contributed by atoms with van der Waals surface area (Å²) in [5.41, 5.74) is 0.969. The maximum absolute atomic E-state index is 5.54. The summed E-state index contributed by atoms with van der Waals surface area (Å²) >= 11 is 5.54. The Morgan fingerprint density at radius 3 is 2.59 bits per heavy atom. The van der Waals surface area contributed by atoms with Gasteiger partial charge in [-0.2, -0.15) is 0 Å². The van der Waals surface area contributed by atoms with Crippen LogP contribution in [0.15, 0.2) is 48.8 Å². The number of nitrogens with zero attached hydrogens (tertiary/aromatic N) is 2. The zero-order valence-electron chi connectivity index (χ0n) is 12.7. The van der Waals surface area contributed by atoms with Crippen LogP contribution in [-0.2, 0) is 0 Å². The fourth-order valence-electron chi connectivity index (χ4n) is 2.86. The molecule has 1 fully saturated rings. The van der Waals surface area contributed by atoms with Crippen LogP contribution in [-0.4, -0.2) is 34.8 Å². The van der Waals surface area contributed by atoms with Crippen molar-refractivity contribution in [2.45, 2.75) is 18.9 Å². The first-order chi connectivity index (χ1) is 10.8. The van der Waals surface area contributed by atoms with Gasteiger partial charge in [0.2, 0.25) is 0 Å². The number of hydrogen-bond donors (Lipinski definition) is 1. The Bertz CT molecular complexity index is 619. The molecule has 0 radical (unpaired) electrons. The Balaban J connectivity index is 1.55. The number of anilines is 1. The number of nitrogens with one attached hydrogen (secondary N) is 1. The molecule has 1 aromatic heterocycles. The molecule has 116 valence electrons. The van der Waals surface area contributed by atoms with Gasteiger partial charge in [0.15, 0.2) is 5.11 Å². The van der Waals surface area contributed by atoms with Crippen molar-refractivity contribution in [1.82, 2.24) is 9.47 Å². The number of thiocarbonyl (C=S) groups is 1. The van der Waals surface area contributed by atoms with Crippen LogP contribution in [0.1, 0.15) is 18.9 Å². The van der Waals surface area contributed by atoms with E-state index in [0.29, 0.717) is 6.04 Å². The van der Waals surface area contributed by atoms with Crippen molar-refractivity contribution in [2.75, 3.05) is 25.5 Å². The number of piperidine rings is 1. The van der Waals surface area contributed by atoms with Crippen molar-refractivity contribution in [3.05, 3.63) is 48.8 Å². The molecule has 1 saturated heterocycles. The van der Waals surface area contributed by atoms with Crippen molar-refractivity contribution in [2.24, 2.45) is 0 Å². The number of likely N-dealkylation sites (tertiary alicyclic amines) is 1. The second-order valence-electron chi connectivity index (χ2n) is 5.51. The molecule has 1 aliphatic heterocycles. The summed E-state index contributed by atoms with van der Waals surface area (Å²) in [5, 5.41) is 4.10. The van der Waals surface area contributed by atoms with Crippen LogP contribution in [0.25, 0.3) is 0 Å². The highest BCUT2D eigenvalue weighted by atomic mass is 32.1. The number of benzene rings is 1. The molecule has 0 bridgehead atoms. The summed E-state index contributed by atoms with van der Waals surface area (Å²) in [5.74, 6) is 0.833. The van der Waals surface area contributed by atoms with Gasteiger partial charge >= 0.3 is 0 Å². The van der Waals surface area contributed by atoms with Crippen LogP contribution in [0.2, 0.25) is 0 Å². The molecule has 22 heavy (non-hydrogen) atoms. The van der Waals surface area contributed by atoms with Crippen LogP contribution < -0.4 is 10.1 Å². The fraction of sp³-hybridized carbons (Fsp3) is 0.353. The molecule has 0 atom stereocenters. The highest BCUT2D eigenvalue weighted by Crippen LogP contribution is 2.23. The van der Waals surface area contributed by atoms with Crippen LogP contribution in [0, 0.1) is 0 Å². The summed E-state index contributed by atoms with van der Waals surface area (Å²) in [7, 11) is 1.67. The molecule has 1 aliphatic rings. The molecule has 2 aromatic rings. The molecular formula is C17H21N3OS. The third-order valence-electron chi connectivity index (χ3n) is 4.12. The average molecular weight is 315 g/mol. The molecule has 1 N–H and O–H groups in total. The lowest BCUT2D eigenvalue weighted by Gasteiger charge is -2.34. The summed E-state index contributed by atoms with van der Waals surface area (Å²) in [6.45, 7) is 1.97. The van der Waals surface area contributed by atoms with Gasteiger partial charge in [-0.25, -0.2) is 0 Å². The van der Waals surface area contributed by atoms with E-state index in [1.54, 1.807) is 7.11 Å². The van der Waals surface area contributed by atoms with Crippen LogP contribution in [0.4, 0.5) is 5.69 Å². The number of hydrogen-bond acceptors (Lipinski definition) is 2. The lowest BCUT2D eigenvalue weighted by Crippen LogP contribution is -2.41. The molecule has 2 heterocycles. The minimum atomic E-state index is 0.589. The number of aromatic nitrogens is 1. The standard InChI is InChI=1S/C17H21N3OS/c1-21-16-6-4-5-14(13-16)18-17(22)20-11-7-15(8-12-20)19-9-2-3-10-19/h2-6,9-10,13,15H,7-8,11-12H2,1H3,(H,18,22). The minimum Gasteiger partial charge on any atom is -0.497 e. The molecule has 0 amide bonds. The normalized spacial score (nSPS) is 15.6. The van der Waals surface area contributed by atoms with Crippen molar-refractivity contribution < 1.29 is 4.74 Å². The molecule has 1 aromatic carbocycles. The lowest BCUT2D eigenvalue weighted by molar-refractivity contribution is 0.269. The quantitative estimate of drug-likeness (QED) is 0.878. The van der Waals surface area contributed by atoms with Crippen molar-refractivity contribution in [3.8, 4) is 5.75 Å². The molecular weight excluding hydrogens is 294 g/mol. The van der Waals surface area contributed by atoms with Gasteiger partial charge in [0.05, 0.1) is 7.11 Å². The van der Waals surface area contributed by atoms with E-state index in [9.17, 15) is 0 Å². The average Bonchev–Trinajstić information content (AvgIpc) is 3.09. The van der Waals surface area contributed by atoms with Crippen LogP contribution in [0.3, 0.4) is 0 Å². The first-order valence-corrected chi connectivity index (χ1v) is 7.99. The van der Waals surface area contributed by atoms with Crippen LogP contribution >= 0.6 is 12.2 Å². The van der Waals surface area contributed by atoms with Gasteiger partial charge < -0.3 is 19.5 Å².